The fraction of sp³-hybridized carbons (Fsp3) is 0.273. The molecule has 0 saturated heterocycles. The smallest absolute Gasteiger partial charge is 0.262 e. The standard InChI is InChI=1S/C11H10ClN3O2S/c12-18(16,17)11-13-10(14-15-11)9-6-8(9)7-4-2-1-3-5-7/h1-5,8-9H,6H2,(H,13,14,15). The molecule has 0 radical (unpaired) electrons. The van der Waals surface area contributed by atoms with Gasteiger partial charge in [-0.3, -0.25) is 5.10 Å². The Hall–Kier alpha value is -1.40. The fourth-order valence-corrected chi connectivity index (χ4v) is 2.67. The Morgan fingerprint density at radius 2 is 1.94 bits per heavy atom. The zero-order valence-electron chi connectivity index (χ0n) is 9.25. The summed E-state index contributed by atoms with van der Waals surface area (Å²) < 4.78 is 22.1. The van der Waals surface area contributed by atoms with E-state index in [9.17, 15) is 8.42 Å². The monoisotopic (exact) mass is 283 g/mol. The zero-order chi connectivity index (χ0) is 12.8. The molecule has 1 saturated carbocycles. The normalized spacial score (nSPS) is 22.9. The fourth-order valence-electron chi connectivity index (χ4n) is 2.10. The summed E-state index contributed by atoms with van der Waals surface area (Å²) >= 11 is 0. The van der Waals surface area contributed by atoms with Gasteiger partial charge in [0, 0.05) is 16.6 Å². The molecule has 1 aliphatic carbocycles. The minimum Gasteiger partial charge on any atom is -0.262 e. The second-order valence-electron chi connectivity index (χ2n) is 4.30. The van der Waals surface area contributed by atoms with E-state index in [2.05, 4.69) is 27.3 Å². The highest BCUT2D eigenvalue weighted by Gasteiger charge is 2.42. The lowest BCUT2D eigenvalue weighted by atomic mass is 10.1. The van der Waals surface area contributed by atoms with Gasteiger partial charge in [-0.1, -0.05) is 30.3 Å². The molecule has 2 unspecified atom stereocenters. The van der Waals surface area contributed by atoms with Crippen LogP contribution in [0.4, 0.5) is 0 Å². The number of nitrogens with one attached hydrogen (secondary N) is 1. The second kappa shape index (κ2) is 4.07. The second-order valence-corrected chi connectivity index (χ2v) is 6.76. The highest BCUT2D eigenvalue weighted by molar-refractivity contribution is 8.13. The van der Waals surface area contributed by atoms with Crippen molar-refractivity contribution in [1.29, 1.82) is 0 Å². The van der Waals surface area contributed by atoms with Gasteiger partial charge in [0.05, 0.1) is 0 Å². The Balaban J connectivity index is 1.81. The summed E-state index contributed by atoms with van der Waals surface area (Å²) in [6.45, 7) is 0. The van der Waals surface area contributed by atoms with Gasteiger partial charge in [-0.15, -0.1) is 5.10 Å². The van der Waals surface area contributed by atoms with Gasteiger partial charge in [0.2, 0.25) is 0 Å². The molecule has 1 heterocycles. The van der Waals surface area contributed by atoms with E-state index in [0.29, 0.717) is 11.7 Å². The molecule has 1 N–H and O–H groups in total. The quantitative estimate of drug-likeness (QED) is 0.874. The molecule has 0 amide bonds. The SMILES string of the molecule is O=S(=O)(Cl)c1n[nH]c(C2CC2c2ccccc2)n1. The van der Waals surface area contributed by atoms with Crippen LogP contribution in [0, 0.1) is 0 Å². The molecule has 18 heavy (non-hydrogen) atoms. The third kappa shape index (κ3) is 2.13. The minimum absolute atomic E-state index is 0.201. The number of rotatable bonds is 3. The van der Waals surface area contributed by atoms with E-state index in [-0.39, 0.29) is 11.1 Å². The van der Waals surface area contributed by atoms with E-state index in [0.717, 1.165) is 6.42 Å². The predicted octanol–water partition coefficient (Wildman–Crippen LogP) is 2.00. The maximum atomic E-state index is 11.1. The lowest BCUT2D eigenvalue weighted by Crippen LogP contribution is -1.93. The summed E-state index contributed by atoms with van der Waals surface area (Å²) in [5, 5.41) is 5.92. The van der Waals surface area contributed by atoms with Crippen molar-refractivity contribution in [3.63, 3.8) is 0 Å². The van der Waals surface area contributed by atoms with E-state index >= 15 is 0 Å². The molecular formula is C11H10ClN3O2S. The number of H-pyrrole nitrogens is 1. The highest BCUT2D eigenvalue weighted by atomic mass is 35.7. The molecule has 1 aliphatic rings. The molecular weight excluding hydrogens is 274 g/mol. The third-order valence-corrected chi connectivity index (χ3v) is 4.10. The number of aromatic nitrogens is 3. The summed E-state index contributed by atoms with van der Waals surface area (Å²) in [4.78, 5) is 3.93. The molecule has 0 aliphatic heterocycles. The van der Waals surface area contributed by atoms with Crippen LogP contribution in [-0.2, 0) is 9.05 Å². The van der Waals surface area contributed by atoms with Crippen LogP contribution < -0.4 is 0 Å². The first kappa shape index (κ1) is 11.7. The number of hydrogen-bond acceptors (Lipinski definition) is 4. The van der Waals surface area contributed by atoms with Gasteiger partial charge in [-0.05, 0) is 17.9 Å². The van der Waals surface area contributed by atoms with Crippen molar-refractivity contribution in [3.05, 3.63) is 41.7 Å². The van der Waals surface area contributed by atoms with Crippen molar-refractivity contribution < 1.29 is 8.42 Å². The number of aromatic amines is 1. The van der Waals surface area contributed by atoms with E-state index in [4.69, 9.17) is 10.7 Å². The molecule has 1 aromatic heterocycles. The lowest BCUT2D eigenvalue weighted by Gasteiger charge is -1.96. The van der Waals surface area contributed by atoms with Crippen LogP contribution in [0.5, 0.6) is 0 Å². The third-order valence-electron chi connectivity index (χ3n) is 3.07. The van der Waals surface area contributed by atoms with Gasteiger partial charge in [0.1, 0.15) is 5.82 Å². The predicted molar refractivity (Wildman–Crippen MR) is 66.0 cm³/mol. The summed E-state index contributed by atoms with van der Waals surface area (Å²) in [7, 11) is 1.33. The Morgan fingerprint density at radius 3 is 2.56 bits per heavy atom. The van der Waals surface area contributed by atoms with Crippen molar-refractivity contribution in [1.82, 2.24) is 15.2 Å². The van der Waals surface area contributed by atoms with Crippen molar-refractivity contribution in [2.24, 2.45) is 0 Å². The van der Waals surface area contributed by atoms with Crippen molar-refractivity contribution in [3.8, 4) is 0 Å². The molecule has 1 aromatic carbocycles. The molecule has 3 rings (SSSR count). The highest BCUT2D eigenvalue weighted by Crippen LogP contribution is 2.53. The van der Waals surface area contributed by atoms with Gasteiger partial charge in [-0.2, -0.15) is 0 Å². The van der Waals surface area contributed by atoms with E-state index in [1.807, 2.05) is 18.2 Å². The maximum Gasteiger partial charge on any atom is 0.298 e. The molecule has 7 heteroatoms. The summed E-state index contributed by atoms with van der Waals surface area (Å²) in [6.07, 6.45) is 0.945. The van der Waals surface area contributed by atoms with Crippen LogP contribution in [0.25, 0.3) is 0 Å². The van der Waals surface area contributed by atoms with E-state index in [1.165, 1.54) is 5.56 Å². The van der Waals surface area contributed by atoms with Gasteiger partial charge < -0.3 is 0 Å². The maximum absolute atomic E-state index is 11.1. The summed E-state index contributed by atoms with van der Waals surface area (Å²) in [5.41, 5.74) is 1.23. The Bertz CT molecular complexity index is 669. The average molecular weight is 284 g/mol. The van der Waals surface area contributed by atoms with E-state index < -0.39 is 9.05 Å². The van der Waals surface area contributed by atoms with Crippen molar-refractivity contribution in [2.45, 2.75) is 23.4 Å². The van der Waals surface area contributed by atoms with Gasteiger partial charge in [0.25, 0.3) is 14.2 Å². The molecule has 94 valence electrons. The molecule has 5 nitrogen and oxygen atoms in total. The Morgan fingerprint density at radius 1 is 1.22 bits per heavy atom. The molecule has 0 bridgehead atoms. The van der Waals surface area contributed by atoms with Crippen LogP contribution in [-0.4, -0.2) is 23.6 Å². The molecule has 2 atom stereocenters. The minimum atomic E-state index is -3.85. The molecule has 1 fully saturated rings. The van der Waals surface area contributed by atoms with Crippen LogP contribution in [0.3, 0.4) is 0 Å². The van der Waals surface area contributed by atoms with Crippen LogP contribution in [0.2, 0.25) is 0 Å². The molecule has 0 spiro atoms. The van der Waals surface area contributed by atoms with Crippen LogP contribution in [0.1, 0.15) is 29.6 Å². The largest absolute Gasteiger partial charge is 0.298 e. The van der Waals surface area contributed by atoms with Gasteiger partial charge in [-0.25, -0.2) is 13.4 Å². The zero-order valence-corrected chi connectivity index (χ0v) is 10.8. The summed E-state index contributed by atoms with van der Waals surface area (Å²) in [5.74, 6) is 1.17. The lowest BCUT2D eigenvalue weighted by molar-refractivity contribution is 0.601. The topological polar surface area (TPSA) is 75.7 Å². The number of nitrogens with zero attached hydrogens (tertiary/aromatic N) is 2. The van der Waals surface area contributed by atoms with Gasteiger partial charge >= 0.3 is 0 Å². The van der Waals surface area contributed by atoms with Crippen LogP contribution in [0.15, 0.2) is 35.5 Å². The van der Waals surface area contributed by atoms with Crippen molar-refractivity contribution in [2.75, 3.05) is 0 Å². The first-order chi connectivity index (χ1) is 8.55. The number of halogens is 1. The summed E-state index contributed by atoms with van der Waals surface area (Å²) in [6, 6.07) is 10.0. The van der Waals surface area contributed by atoms with Gasteiger partial charge in [0.15, 0.2) is 0 Å². The first-order valence-corrected chi connectivity index (χ1v) is 7.78. The number of hydrogen-bond donors (Lipinski definition) is 1. The first-order valence-electron chi connectivity index (χ1n) is 5.47. The Kier molecular flexibility index (Phi) is 2.64. The molecule has 2 aromatic rings. The van der Waals surface area contributed by atoms with Crippen LogP contribution >= 0.6 is 10.7 Å². The van der Waals surface area contributed by atoms with Crippen molar-refractivity contribution >= 4 is 19.7 Å². The number of benzene rings is 1. The average Bonchev–Trinajstić information content (AvgIpc) is 2.97. The van der Waals surface area contributed by atoms with E-state index in [1.54, 1.807) is 0 Å². The Labute approximate surface area is 109 Å².